The fraction of sp³-hybridized carbons (Fsp3) is 0.400. The van der Waals surface area contributed by atoms with Gasteiger partial charge in [0.2, 0.25) is 0 Å². The summed E-state index contributed by atoms with van der Waals surface area (Å²) in [5.41, 5.74) is 3.69. The van der Waals surface area contributed by atoms with Crippen molar-refractivity contribution in [2.45, 2.75) is 44.2 Å². The number of aldehydes is 1. The van der Waals surface area contributed by atoms with E-state index in [0.717, 1.165) is 51.6 Å². The van der Waals surface area contributed by atoms with Crippen LogP contribution in [0.5, 0.6) is 0 Å². The zero-order chi connectivity index (χ0) is 22.4. The molecule has 0 N–H and O–H groups in total. The zero-order valence-electron chi connectivity index (χ0n) is 17.6. The van der Waals surface area contributed by atoms with Crippen molar-refractivity contribution in [3.05, 3.63) is 56.5 Å². The number of ketones is 2. The maximum atomic E-state index is 12.1. The summed E-state index contributed by atoms with van der Waals surface area (Å²) < 4.78 is 2.03. The van der Waals surface area contributed by atoms with E-state index in [1.807, 2.05) is 30.3 Å². The molecular weight excluding hydrogens is 536 g/mol. The lowest BCUT2D eigenvalue weighted by Crippen LogP contribution is -2.41. The Hall–Kier alpha value is -1.99. The van der Waals surface area contributed by atoms with Crippen LogP contribution >= 0.6 is 31.9 Å². The standard InChI is InChI=1S/C13H12BrNO2.C12H12BrNO/c14-9-1-4-11-12(5-9)15(10-2-3-10)6-8(7-16)13(11)17;13-8-1-4-10-11(7-8)14(9-2-3-9)6-5-12(10)15/h1,4-5,7-8,10H,2-3,6H2;1,4,7,9H,2-3,5-6H2. The molecule has 2 aromatic carbocycles. The number of hydrogen-bond donors (Lipinski definition) is 0. The minimum Gasteiger partial charge on any atom is -0.367 e. The van der Waals surface area contributed by atoms with E-state index in [2.05, 4.69) is 47.7 Å². The highest BCUT2D eigenvalue weighted by molar-refractivity contribution is 9.10. The van der Waals surface area contributed by atoms with Gasteiger partial charge < -0.3 is 14.6 Å². The van der Waals surface area contributed by atoms with E-state index >= 15 is 0 Å². The number of benzene rings is 2. The molecule has 5 nitrogen and oxygen atoms in total. The molecule has 2 fully saturated rings. The van der Waals surface area contributed by atoms with Crippen molar-refractivity contribution in [2.24, 2.45) is 5.92 Å². The number of anilines is 2. The number of nitrogens with zero attached hydrogens (tertiary/aromatic N) is 2. The third kappa shape index (κ3) is 4.29. The summed E-state index contributed by atoms with van der Waals surface area (Å²) in [6, 6.07) is 12.8. The number of halogens is 2. The van der Waals surface area contributed by atoms with E-state index in [9.17, 15) is 14.4 Å². The number of rotatable bonds is 3. The summed E-state index contributed by atoms with van der Waals surface area (Å²) in [4.78, 5) is 39.4. The summed E-state index contributed by atoms with van der Waals surface area (Å²) in [6.45, 7) is 1.43. The highest BCUT2D eigenvalue weighted by Crippen LogP contribution is 2.40. The topological polar surface area (TPSA) is 57.7 Å². The molecule has 2 aromatic rings. The minimum absolute atomic E-state index is 0.0422. The molecule has 0 spiro atoms. The predicted octanol–water partition coefficient (Wildman–Crippen LogP) is 5.43. The van der Waals surface area contributed by atoms with Crippen LogP contribution in [0, 0.1) is 5.92 Å². The fourth-order valence-electron chi connectivity index (χ4n) is 4.60. The van der Waals surface area contributed by atoms with Crippen LogP contribution in [-0.2, 0) is 4.79 Å². The molecule has 0 bridgehead atoms. The van der Waals surface area contributed by atoms with Gasteiger partial charge in [-0.05, 0) is 62.1 Å². The van der Waals surface area contributed by atoms with Crippen LogP contribution in [0.4, 0.5) is 11.4 Å². The van der Waals surface area contributed by atoms with Crippen molar-refractivity contribution in [1.82, 2.24) is 0 Å². The van der Waals surface area contributed by atoms with Gasteiger partial charge in [0, 0.05) is 63.0 Å². The maximum absolute atomic E-state index is 12.1. The molecule has 7 heteroatoms. The van der Waals surface area contributed by atoms with Crippen LogP contribution < -0.4 is 9.80 Å². The lowest BCUT2D eigenvalue weighted by Gasteiger charge is -2.33. The second kappa shape index (κ2) is 8.75. The molecule has 1 atom stereocenters. The minimum atomic E-state index is -0.496. The summed E-state index contributed by atoms with van der Waals surface area (Å²) in [7, 11) is 0. The number of carbonyl (C=O) groups is 3. The predicted molar refractivity (Wildman–Crippen MR) is 132 cm³/mol. The van der Waals surface area contributed by atoms with Gasteiger partial charge in [-0.2, -0.15) is 0 Å². The Morgan fingerprint density at radius 1 is 0.812 bits per heavy atom. The normalized spacial score (nSPS) is 22.0. The lowest BCUT2D eigenvalue weighted by atomic mass is 9.92. The second-order valence-electron chi connectivity index (χ2n) is 8.91. The first kappa shape index (κ1) is 21.8. The van der Waals surface area contributed by atoms with E-state index in [4.69, 9.17) is 0 Å². The van der Waals surface area contributed by atoms with Crippen molar-refractivity contribution < 1.29 is 14.4 Å². The molecule has 32 heavy (non-hydrogen) atoms. The summed E-state index contributed by atoms with van der Waals surface area (Å²) in [5.74, 6) is -0.252. The number of hydrogen-bond acceptors (Lipinski definition) is 5. The highest BCUT2D eigenvalue weighted by atomic mass is 79.9. The summed E-state index contributed by atoms with van der Waals surface area (Å²) in [6.07, 6.45) is 6.32. The number of carbonyl (C=O) groups excluding carboxylic acids is 3. The Labute approximate surface area is 204 Å². The molecule has 2 saturated carbocycles. The Morgan fingerprint density at radius 3 is 1.97 bits per heavy atom. The number of Topliss-reactive ketones (excluding diaryl/α,β-unsaturated/α-hetero) is 2. The molecule has 166 valence electrons. The molecular formula is C25H24Br2N2O3. The molecule has 6 rings (SSSR count). The quantitative estimate of drug-likeness (QED) is 0.370. The first-order valence-corrected chi connectivity index (χ1v) is 12.7. The smallest absolute Gasteiger partial charge is 0.176 e. The van der Waals surface area contributed by atoms with Gasteiger partial charge >= 0.3 is 0 Å². The van der Waals surface area contributed by atoms with Gasteiger partial charge in [-0.3, -0.25) is 9.59 Å². The van der Waals surface area contributed by atoms with Crippen molar-refractivity contribution in [2.75, 3.05) is 22.9 Å². The second-order valence-corrected chi connectivity index (χ2v) is 10.7. The SMILES string of the molecule is O=C1CCN(C2CC2)c2cc(Br)ccc21.O=CC1CN(C2CC2)c2cc(Br)ccc2C1=O. The molecule has 0 amide bonds. The third-order valence-corrected chi connectivity index (χ3v) is 7.54. The van der Waals surface area contributed by atoms with Crippen LogP contribution in [-0.4, -0.2) is 43.0 Å². The first-order valence-electron chi connectivity index (χ1n) is 11.1. The van der Waals surface area contributed by atoms with Crippen LogP contribution in [0.25, 0.3) is 0 Å². The van der Waals surface area contributed by atoms with Gasteiger partial charge in [0.05, 0.1) is 5.92 Å². The zero-order valence-corrected chi connectivity index (χ0v) is 20.8. The largest absolute Gasteiger partial charge is 0.367 e. The van der Waals surface area contributed by atoms with Gasteiger partial charge in [-0.25, -0.2) is 0 Å². The molecule has 0 aromatic heterocycles. The van der Waals surface area contributed by atoms with Crippen LogP contribution in [0.2, 0.25) is 0 Å². The van der Waals surface area contributed by atoms with Gasteiger partial charge in [0.25, 0.3) is 0 Å². The van der Waals surface area contributed by atoms with E-state index in [1.165, 1.54) is 12.8 Å². The monoisotopic (exact) mass is 558 g/mol. The molecule has 2 heterocycles. The van der Waals surface area contributed by atoms with Gasteiger partial charge in [-0.15, -0.1) is 0 Å². The Balaban J connectivity index is 0.000000136. The summed E-state index contributed by atoms with van der Waals surface area (Å²) >= 11 is 6.90. The summed E-state index contributed by atoms with van der Waals surface area (Å²) in [5, 5.41) is 0. The average Bonchev–Trinajstić information content (AvgIpc) is 3.68. The maximum Gasteiger partial charge on any atom is 0.176 e. The van der Waals surface area contributed by atoms with Gasteiger partial charge in [0.15, 0.2) is 11.6 Å². The first-order chi connectivity index (χ1) is 15.5. The van der Waals surface area contributed by atoms with Crippen molar-refractivity contribution in [3.63, 3.8) is 0 Å². The van der Waals surface area contributed by atoms with Crippen molar-refractivity contribution in [3.8, 4) is 0 Å². The molecule has 0 saturated heterocycles. The van der Waals surface area contributed by atoms with Gasteiger partial charge in [0.1, 0.15) is 6.29 Å². The van der Waals surface area contributed by atoms with Crippen LogP contribution in [0.15, 0.2) is 45.3 Å². The van der Waals surface area contributed by atoms with Crippen molar-refractivity contribution >= 4 is 61.1 Å². The Bertz CT molecular complexity index is 1090. The third-order valence-electron chi connectivity index (χ3n) is 6.55. The number of fused-ring (bicyclic) bond motifs is 2. The fourth-order valence-corrected chi connectivity index (χ4v) is 5.30. The van der Waals surface area contributed by atoms with E-state index < -0.39 is 5.92 Å². The lowest BCUT2D eigenvalue weighted by molar-refractivity contribution is -0.109. The molecule has 2 aliphatic carbocycles. The van der Waals surface area contributed by atoms with Crippen molar-refractivity contribution in [1.29, 1.82) is 0 Å². The molecule has 0 radical (unpaired) electrons. The van der Waals surface area contributed by atoms with E-state index in [0.29, 0.717) is 30.6 Å². The van der Waals surface area contributed by atoms with Crippen LogP contribution in [0.1, 0.15) is 52.8 Å². The average molecular weight is 560 g/mol. The highest BCUT2D eigenvalue weighted by Gasteiger charge is 2.39. The van der Waals surface area contributed by atoms with E-state index in [-0.39, 0.29) is 11.6 Å². The Morgan fingerprint density at radius 2 is 1.38 bits per heavy atom. The molecule has 1 unspecified atom stereocenters. The van der Waals surface area contributed by atoms with Gasteiger partial charge in [-0.1, -0.05) is 31.9 Å². The van der Waals surface area contributed by atoms with E-state index in [1.54, 1.807) is 0 Å². The molecule has 4 aliphatic rings. The molecule has 2 aliphatic heterocycles. The Kier molecular flexibility index (Phi) is 5.97. The van der Waals surface area contributed by atoms with Crippen LogP contribution in [0.3, 0.4) is 0 Å².